The van der Waals surface area contributed by atoms with Crippen LogP contribution in [0.5, 0.6) is 0 Å². The van der Waals surface area contributed by atoms with Gasteiger partial charge in [0, 0.05) is 18.2 Å². The van der Waals surface area contributed by atoms with Gasteiger partial charge in [-0.15, -0.1) is 12.4 Å². The highest BCUT2D eigenvalue weighted by molar-refractivity contribution is 5.93. The molecule has 1 aromatic carbocycles. The van der Waals surface area contributed by atoms with Gasteiger partial charge in [0.1, 0.15) is 0 Å². The molecule has 1 rings (SSSR count). The van der Waals surface area contributed by atoms with Crippen molar-refractivity contribution in [1.29, 1.82) is 0 Å². The molecule has 2 N–H and O–H groups in total. The summed E-state index contributed by atoms with van der Waals surface area (Å²) in [5, 5.41) is 5.38. The summed E-state index contributed by atoms with van der Waals surface area (Å²) in [5.41, 5.74) is 0.285. The molecule has 1 atom stereocenters. The Kier molecular flexibility index (Phi) is 7.60. The van der Waals surface area contributed by atoms with Crippen molar-refractivity contribution >= 4 is 24.0 Å². The van der Waals surface area contributed by atoms with Crippen LogP contribution in [0.4, 0.5) is 18.9 Å². The van der Waals surface area contributed by atoms with Gasteiger partial charge in [-0.25, -0.2) is 0 Å². The average Bonchev–Trinajstić information content (AvgIpc) is 2.30. The summed E-state index contributed by atoms with van der Waals surface area (Å²) in [6.07, 6.45) is -5.35. The van der Waals surface area contributed by atoms with Crippen molar-refractivity contribution in [3.05, 3.63) is 29.8 Å². The average molecular weight is 311 g/mol. The number of hydrogen-bond donors (Lipinski definition) is 2. The third kappa shape index (κ3) is 6.25. The first-order valence-corrected chi connectivity index (χ1v) is 5.93. The Balaban J connectivity index is 0.00000361. The Labute approximate surface area is 122 Å². The molecule has 0 aromatic heterocycles. The van der Waals surface area contributed by atoms with Gasteiger partial charge in [-0.05, 0) is 18.7 Å². The van der Waals surface area contributed by atoms with Crippen LogP contribution in [0.3, 0.4) is 0 Å². The Morgan fingerprint density at radius 2 is 1.90 bits per heavy atom. The van der Waals surface area contributed by atoms with Crippen molar-refractivity contribution < 1.29 is 18.0 Å². The molecule has 0 fully saturated rings. The molecule has 3 nitrogen and oxygen atoms in total. The van der Waals surface area contributed by atoms with Crippen LogP contribution >= 0.6 is 12.4 Å². The van der Waals surface area contributed by atoms with Gasteiger partial charge in [-0.1, -0.05) is 25.1 Å². The normalized spacial score (nSPS) is 12.4. The van der Waals surface area contributed by atoms with Crippen molar-refractivity contribution in [2.24, 2.45) is 5.92 Å². The lowest BCUT2D eigenvalue weighted by molar-refractivity contribution is -0.127. The number of nitrogens with one attached hydrogen (secondary N) is 2. The fourth-order valence-corrected chi connectivity index (χ4v) is 1.67. The van der Waals surface area contributed by atoms with E-state index in [9.17, 15) is 18.0 Å². The maximum atomic E-state index is 12.4. The van der Waals surface area contributed by atoms with Crippen LogP contribution in [0, 0.1) is 5.92 Å². The third-order valence-corrected chi connectivity index (χ3v) is 2.62. The van der Waals surface area contributed by atoms with E-state index in [4.69, 9.17) is 0 Å². The molecule has 1 unspecified atom stereocenters. The fourth-order valence-electron chi connectivity index (χ4n) is 1.67. The standard InChI is InChI=1S/C13H17F3N2O.ClH/c1-9(8-17-2)12(19)18-11-6-4-3-5-10(11)7-13(14,15)16;/h3-6,9,17H,7-8H2,1-2H3,(H,18,19);1H. The zero-order valence-electron chi connectivity index (χ0n) is 11.3. The molecular weight excluding hydrogens is 293 g/mol. The number of anilines is 1. The van der Waals surface area contributed by atoms with Crippen molar-refractivity contribution in [1.82, 2.24) is 5.32 Å². The topological polar surface area (TPSA) is 41.1 Å². The lowest BCUT2D eigenvalue weighted by atomic mass is 10.1. The molecule has 1 amide bonds. The quantitative estimate of drug-likeness (QED) is 0.878. The van der Waals surface area contributed by atoms with E-state index in [-0.39, 0.29) is 35.5 Å². The molecule has 0 heterocycles. The van der Waals surface area contributed by atoms with Crippen molar-refractivity contribution in [2.75, 3.05) is 18.9 Å². The molecule has 0 aliphatic rings. The Morgan fingerprint density at radius 3 is 2.45 bits per heavy atom. The number of benzene rings is 1. The fraction of sp³-hybridized carbons (Fsp3) is 0.462. The Bertz CT molecular complexity index is 438. The number of carbonyl (C=O) groups excluding carboxylic acids is 1. The van der Waals surface area contributed by atoms with Crippen molar-refractivity contribution in [3.8, 4) is 0 Å². The second-order valence-corrected chi connectivity index (χ2v) is 4.40. The van der Waals surface area contributed by atoms with Crippen LogP contribution in [0.15, 0.2) is 24.3 Å². The van der Waals surface area contributed by atoms with E-state index in [1.54, 1.807) is 20.0 Å². The molecular formula is C13H18ClF3N2O. The number of alkyl halides is 3. The van der Waals surface area contributed by atoms with E-state index in [1.165, 1.54) is 18.2 Å². The summed E-state index contributed by atoms with van der Waals surface area (Å²) in [6.45, 7) is 2.17. The number of para-hydroxylation sites is 1. The predicted octanol–water partition coefficient (Wildman–Crippen LogP) is 3.01. The zero-order valence-corrected chi connectivity index (χ0v) is 12.1. The van der Waals surface area contributed by atoms with Gasteiger partial charge in [0.05, 0.1) is 6.42 Å². The van der Waals surface area contributed by atoms with Crippen LogP contribution in [-0.4, -0.2) is 25.7 Å². The maximum Gasteiger partial charge on any atom is 0.393 e. The third-order valence-electron chi connectivity index (χ3n) is 2.62. The zero-order chi connectivity index (χ0) is 14.5. The van der Waals surface area contributed by atoms with Gasteiger partial charge in [0.15, 0.2) is 0 Å². The summed E-state index contributed by atoms with van der Waals surface area (Å²) in [7, 11) is 1.71. The maximum absolute atomic E-state index is 12.4. The van der Waals surface area contributed by atoms with Crippen LogP contribution in [0.25, 0.3) is 0 Å². The van der Waals surface area contributed by atoms with Crippen molar-refractivity contribution in [2.45, 2.75) is 19.5 Å². The Morgan fingerprint density at radius 1 is 1.30 bits per heavy atom. The molecule has 1 aromatic rings. The van der Waals surface area contributed by atoms with E-state index in [0.29, 0.717) is 6.54 Å². The van der Waals surface area contributed by atoms with Crippen LogP contribution in [0.1, 0.15) is 12.5 Å². The summed E-state index contributed by atoms with van der Waals surface area (Å²) in [6, 6.07) is 5.96. The molecule has 0 spiro atoms. The van der Waals surface area contributed by atoms with E-state index < -0.39 is 12.6 Å². The second kappa shape index (κ2) is 8.11. The molecule has 20 heavy (non-hydrogen) atoms. The molecule has 0 radical (unpaired) electrons. The smallest absolute Gasteiger partial charge is 0.326 e. The number of amides is 1. The van der Waals surface area contributed by atoms with Crippen molar-refractivity contribution in [3.63, 3.8) is 0 Å². The molecule has 7 heteroatoms. The molecule has 0 saturated heterocycles. The molecule has 0 bridgehead atoms. The molecule has 0 aliphatic carbocycles. The lowest BCUT2D eigenvalue weighted by Gasteiger charge is -2.15. The van der Waals surface area contributed by atoms with Gasteiger partial charge in [0.25, 0.3) is 0 Å². The number of hydrogen-bond acceptors (Lipinski definition) is 2. The minimum absolute atomic E-state index is 0. The first-order valence-electron chi connectivity index (χ1n) is 5.93. The highest BCUT2D eigenvalue weighted by Gasteiger charge is 2.29. The van der Waals surface area contributed by atoms with E-state index >= 15 is 0 Å². The van der Waals surface area contributed by atoms with E-state index in [2.05, 4.69) is 10.6 Å². The minimum atomic E-state index is -4.29. The first kappa shape index (κ1) is 18.7. The lowest BCUT2D eigenvalue weighted by Crippen LogP contribution is -2.29. The number of carbonyl (C=O) groups is 1. The monoisotopic (exact) mass is 310 g/mol. The minimum Gasteiger partial charge on any atom is -0.326 e. The summed E-state index contributed by atoms with van der Waals surface area (Å²) in [4.78, 5) is 11.8. The van der Waals surface area contributed by atoms with Gasteiger partial charge < -0.3 is 10.6 Å². The number of rotatable bonds is 5. The highest BCUT2D eigenvalue weighted by atomic mass is 35.5. The summed E-state index contributed by atoms with van der Waals surface area (Å²) < 4.78 is 37.2. The molecule has 0 saturated carbocycles. The Hall–Kier alpha value is -1.27. The summed E-state index contributed by atoms with van der Waals surface area (Å²) in [5.74, 6) is -0.618. The summed E-state index contributed by atoms with van der Waals surface area (Å²) >= 11 is 0. The van der Waals surface area contributed by atoms with E-state index in [0.717, 1.165) is 0 Å². The van der Waals surface area contributed by atoms with Crippen LogP contribution < -0.4 is 10.6 Å². The van der Waals surface area contributed by atoms with Crippen LogP contribution in [0.2, 0.25) is 0 Å². The second-order valence-electron chi connectivity index (χ2n) is 4.40. The van der Waals surface area contributed by atoms with Gasteiger partial charge in [0.2, 0.25) is 5.91 Å². The SMILES string of the molecule is CNCC(C)C(=O)Nc1ccccc1CC(F)(F)F.Cl. The van der Waals surface area contributed by atoms with Gasteiger partial charge in [-0.2, -0.15) is 13.2 Å². The predicted molar refractivity (Wildman–Crippen MR) is 75.2 cm³/mol. The first-order chi connectivity index (χ1) is 8.83. The highest BCUT2D eigenvalue weighted by Crippen LogP contribution is 2.26. The van der Waals surface area contributed by atoms with Gasteiger partial charge >= 0.3 is 6.18 Å². The van der Waals surface area contributed by atoms with Gasteiger partial charge in [-0.3, -0.25) is 4.79 Å². The van der Waals surface area contributed by atoms with Crippen LogP contribution in [-0.2, 0) is 11.2 Å². The number of halogens is 4. The molecule has 0 aliphatic heterocycles. The van der Waals surface area contributed by atoms with E-state index in [1.807, 2.05) is 0 Å². The molecule has 114 valence electrons. The largest absolute Gasteiger partial charge is 0.393 e.